The van der Waals surface area contributed by atoms with E-state index in [1.807, 2.05) is 32.0 Å². The normalized spacial score (nSPS) is 21.7. The van der Waals surface area contributed by atoms with Crippen LogP contribution in [-0.2, 0) is 27.2 Å². The second kappa shape index (κ2) is 10.3. The Morgan fingerprint density at radius 2 is 1.69 bits per heavy atom. The zero-order chi connectivity index (χ0) is 28.8. The molecule has 11 heteroatoms. The van der Waals surface area contributed by atoms with Crippen molar-refractivity contribution in [3.05, 3.63) is 47.5 Å². The van der Waals surface area contributed by atoms with Gasteiger partial charge in [-0.25, -0.2) is 14.6 Å². The Hall–Kier alpha value is -3.37. The molecule has 0 aliphatic carbocycles. The number of amides is 1. The molecule has 2 aliphatic heterocycles. The summed E-state index contributed by atoms with van der Waals surface area (Å²) in [5.74, 6) is 0.997. The van der Waals surface area contributed by atoms with E-state index in [1.165, 1.54) is 19.0 Å². The van der Waals surface area contributed by atoms with Crippen molar-refractivity contribution in [1.82, 2.24) is 10.0 Å². The van der Waals surface area contributed by atoms with Crippen molar-refractivity contribution in [3.8, 4) is 23.0 Å². The maximum Gasteiger partial charge on any atom is 0.426 e. The van der Waals surface area contributed by atoms with E-state index in [-0.39, 0.29) is 13.0 Å². The minimum atomic E-state index is -1.30. The van der Waals surface area contributed by atoms with Gasteiger partial charge in [0, 0.05) is 31.9 Å². The van der Waals surface area contributed by atoms with Crippen LogP contribution < -0.4 is 18.9 Å². The molecule has 2 heterocycles. The fourth-order valence-corrected chi connectivity index (χ4v) is 5.18. The standard InChI is InChI=1S/C28H35ClN2O8/c1-17(29)36-25(33)30(16-19-10-11-20(34-7)14-22(19)35-8)31-26(2,3)39-24(32)28(31,6)15-18-9-12-21-23(13-18)38-27(4,5)37-21/h9-14,17H,15-16H2,1-8H3/t17?,28-/m0/s1. The van der Waals surface area contributed by atoms with Crippen molar-refractivity contribution in [3.63, 3.8) is 0 Å². The zero-order valence-corrected chi connectivity index (χ0v) is 24.2. The summed E-state index contributed by atoms with van der Waals surface area (Å²) in [6.07, 6.45) is -0.549. The van der Waals surface area contributed by atoms with Crippen LogP contribution in [0.15, 0.2) is 36.4 Å². The molecule has 2 atom stereocenters. The second-order valence-corrected chi connectivity index (χ2v) is 11.3. The topological polar surface area (TPSA) is 96.0 Å². The van der Waals surface area contributed by atoms with Crippen LogP contribution in [0, 0.1) is 0 Å². The Labute approximate surface area is 233 Å². The van der Waals surface area contributed by atoms with Crippen LogP contribution in [0.25, 0.3) is 0 Å². The summed E-state index contributed by atoms with van der Waals surface area (Å²) in [5.41, 5.74) is -1.98. The van der Waals surface area contributed by atoms with Crippen LogP contribution in [0.4, 0.5) is 4.79 Å². The highest BCUT2D eigenvalue weighted by Crippen LogP contribution is 2.44. The van der Waals surface area contributed by atoms with E-state index in [0.29, 0.717) is 28.6 Å². The average molecular weight is 563 g/mol. The molecule has 39 heavy (non-hydrogen) atoms. The molecule has 0 radical (unpaired) electrons. The first-order chi connectivity index (χ1) is 18.2. The number of carbonyl (C=O) groups excluding carboxylic acids is 2. The maximum absolute atomic E-state index is 13.5. The number of methoxy groups -OCH3 is 2. The molecule has 4 rings (SSSR count). The number of alkyl halides is 1. The molecule has 0 spiro atoms. The van der Waals surface area contributed by atoms with Gasteiger partial charge < -0.3 is 28.4 Å². The van der Waals surface area contributed by atoms with Gasteiger partial charge in [-0.3, -0.25) is 0 Å². The second-order valence-electron chi connectivity index (χ2n) is 10.6. The summed E-state index contributed by atoms with van der Waals surface area (Å²) in [7, 11) is 3.08. The van der Waals surface area contributed by atoms with Gasteiger partial charge in [0.05, 0.1) is 20.8 Å². The van der Waals surface area contributed by atoms with Gasteiger partial charge in [-0.05, 0) is 57.5 Å². The summed E-state index contributed by atoms with van der Waals surface area (Å²) >= 11 is 6.05. The number of benzene rings is 2. The van der Waals surface area contributed by atoms with Gasteiger partial charge in [-0.2, -0.15) is 5.01 Å². The minimum Gasteiger partial charge on any atom is -0.497 e. The smallest absolute Gasteiger partial charge is 0.426 e. The van der Waals surface area contributed by atoms with Gasteiger partial charge in [0.2, 0.25) is 5.79 Å². The molecule has 10 nitrogen and oxygen atoms in total. The zero-order valence-electron chi connectivity index (χ0n) is 23.5. The van der Waals surface area contributed by atoms with Crippen molar-refractivity contribution in [2.45, 2.75) is 77.1 Å². The highest BCUT2D eigenvalue weighted by Gasteiger charge is 2.60. The van der Waals surface area contributed by atoms with Crippen LogP contribution in [0.2, 0.25) is 0 Å². The molecule has 1 amide bonds. The average Bonchev–Trinajstić information content (AvgIpc) is 3.24. The predicted molar refractivity (Wildman–Crippen MR) is 143 cm³/mol. The monoisotopic (exact) mass is 562 g/mol. The Morgan fingerprint density at radius 1 is 1.00 bits per heavy atom. The molecule has 0 saturated carbocycles. The number of hydrogen-bond donors (Lipinski definition) is 0. The largest absolute Gasteiger partial charge is 0.497 e. The molecule has 2 aromatic carbocycles. The number of ether oxygens (including phenoxy) is 6. The van der Waals surface area contributed by atoms with E-state index in [1.54, 1.807) is 51.1 Å². The molecular formula is C28H35ClN2O8. The highest BCUT2D eigenvalue weighted by atomic mass is 35.5. The summed E-state index contributed by atoms with van der Waals surface area (Å²) in [6, 6.07) is 10.8. The van der Waals surface area contributed by atoms with E-state index in [9.17, 15) is 9.59 Å². The number of rotatable bonds is 8. The lowest BCUT2D eigenvalue weighted by atomic mass is 9.91. The van der Waals surface area contributed by atoms with Crippen LogP contribution in [0.1, 0.15) is 52.7 Å². The summed E-state index contributed by atoms with van der Waals surface area (Å²) in [5, 5.41) is 2.95. The molecule has 1 unspecified atom stereocenters. The number of fused-ring (bicyclic) bond motifs is 1. The Balaban J connectivity index is 1.75. The van der Waals surface area contributed by atoms with E-state index < -0.39 is 34.7 Å². The number of hydrogen-bond acceptors (Lipinski definition) is 9. The fraction of sp³-hybridized carbons (Fsp3) is 0.500. The molecule has 2 aromatic rings. The SMILES string of the molecule is COc1ccc(CN(C(=O)OC(C)Cl)N2C(C)(C)OC(=O)[C@]2(C)Cc2ccc3c(c2)OC(C)(C)O3)c(OC)c1. The molecular weight excluding hydrogens is 528 g/mol. The van der Waals surface area contributed by atoms with Crippen molar-refractivity contribution in [2.24, 2.45) is 0 Å². The number of halogens is 1. The van der Waals surface area contributed by atoms with Crippen LogP contribution in [0.3, 0.4) is 0 Å². The quantitative estimate of drug-likeness (QED) is 0.316. The summed E-state index contributed by atoms with van der Waals surface area (Å²) < 4.78 is 33.8. The van der Waals surface area contributed by atoms with Gasteiger partial charge in [0.15, 0.2) is 22.8 Å². The van der Waals surface area contributed by atoms with E-state index in [2.05, 4.69) is 0 Å². The van der Waals surface area contributed by atoms with Gasteiger partial charge in [0.25, 0.3) is 0 Å². The molecule has 1 fully saturated rings. The minimum absolute atomic E-state index is 0.000593. The lowest BCUT2D eigenvalue weighted by Gasteiger charge is -2.44. The molecule has 2 aliphatic rings. The number of nitrogens with zero attached hydrogens (tertiary/aromatic N) is 2. The third-order valence-corrected chi connectivity index (χ3v) is 6.65. The Bertz CT molecular complexity index is 1260. The van der Waals surface area contributed by atoms with Crippen LogP contribution >= 0.6 is 11.6 Å². The van der Waals surface area contributed by atoms with Gasteiger partial charge in [-0.1, -0.05) is 17.7 Å². The Kier molecular flexibility index (Phi) is 7.57. The third-order valence-electron chi connectivity index (χ3n) is 6.56. The first-order valence-electron chi connectivity index (χ1n) is 12.6. The van der Waals surface area contributed by atoms with Crippen molar-refractivity contribution in [2.75, 3.05) is 14.2 Å². The van der Waals surface area contributed by atoms with Crippen LogP contribution in [0.5, 0.6) is 23.0 Å². The van der Waals surface area contributed by atoms with Crippen molar-refractivity contribution < 1.29 is 38.0 Å². The van der Waals surface area contributed by atoms with Crippen molar-refractivity contribution in [1.29, 1.82) is 0 Å². The number of esters is 1. The van der Waals surface area contributed by atoms with Crippen LogP contribution in [-0.4, -0.2) is 58.9 Å². The number of carbonyl (C=O) groups is 2. The summed E-state index contributed by atoms with van der Waals surface area (Å²) in [4.78, 5) is 27.0. The fourth-order valence-electron chi connectivity index (χ4n) is 5.10. The van der Waals surface area contributed by atoms with Crippen molar-refractivity contribution >= 4 is 23.7 Å². The molecule has 1 saturated heterocycles. The third kappa shape index (κ3) is 5.67. The first-order valence-corrected chi connectivity index (χ1v) is 13.0. The molecule has 212 valence electrons. The van der Waals surface area contributed by atoms with Gasteiger partial charge >= 0.3 is 12.1 Å². The van der Waals surface area contributed by atoms with Gasteiger partial charge in [0.1, 0.15) is 17.0 Å². The maximum atomic E-state index is 13.5. The van der Waals surface area contributed by atoms with E-state index >= 15 is 0 Å². The predicted octanol–water partition coefficient (Wildman–Crippen LogP) is 5.25. The van der Waals surface area contributed by atoms with Gasteiger partial charge in [-0.15, -0.1) is 0 Å². The lowest BCUT2D eigenvalue weighted by molar-refractivity contribution is -0.174. The molecule has 0 N–H and O–H groups in total. The Morgan fingerprint density at radius 3 is 2.33 bits per heavy atom. The van der Waals surface area contributed by atoms with E-state index in [4.69, 9.17) is 40.0 Å². The van der Waals surface area contributed by atoms with E-state index in [0.717, 1.165) is 5.56 Å². The molecule has 0 bridgehead atoms. The first kappa shape index (κ1) is 28.6. The number of hydrazine groups is 1. The lowest BCUT2D eigenvalue weighted by Crippen LogP contribution is -2.62. The highest BCUT2D eigenvalue weighted by molar-refractivity contribution is 6.19. The summed E-state index contributed by atoms with van der Waals surface area (Å²) in [6.45, 7) is 10.3. The number of cyclic esters (lactones) is 1. The molecule has 0 aromatic heterocycles.